The van der Waals surface area contributed by atoms with Gasteiger partial charge in [0.1, 0.15) is 0 Å². The lowest BCUT2D eigenvalue weighted by Crippen LogP contribution is -2.26. The van der Waals surface area contributed by atoms with Crippen molar-refractivity contribution in [1.29, 1.82) is 0 Å². The minimum atomic E-state index is -1.07. The molecule has 1 aliphatic heterocycles. The molecule has 1 aliphatic rings. The number of pyridine rings is 1. The number of ether oxygens (including phenoxy) is 2. The lowest BCUT2D eigenvalue weighted by atomic mass is 9.91. The molecule has 1 unspecified atom stereocenters. The summed E-state index contributed by atoms with van der Waals surface area (Å²) in [6.45, 7) is 7.52. The third-order valence-corrected chi connectivity index (χ3v) is 6.69. The van der Waals surface area contributed by atoms with E-state index in [1.165, 1.54) is 10.1 Å². The number of fused-ring (bicyclic) bond motifs is 1. The van der Waals surface area contributed by atoms with Crippen LogP contribution in [0.1, 0.15) is 36.8 Å². The van der Waals surface area contributed by atoms with E-state index in [0.717, 1.165) is 33.3 Å². The number of aryl methyl sites for hydroxylation is 3. The summed E-state index contributed by atoms with van der Waals surface area (Å²) in [5.41, 5.74) is 6.31. The summed E-state index contributed by atoms with van der Waals surface area (Å²) in [6.07, 6.45) is 0.979. The molecule has 5 rings (SSSR count). The monoisotopic (exact) mass is 456 g/mol. The first-order valence-corrected chi connectivity index (χ1v) is 11.3. The molecule has 2 aromatic heterocycles. The summed E-state index contributed by atoms with van der Waals surface area (Å²) in [5.74, 6) is -1.56. The Morgan fingerprint density at radius 3 is 2.24 bits per heavy atom. The average Bonchev–Trinajstić information content (AvgIpc) is 3.33. The molecule has 3 heterocycles. The van der Waals surface area contributed by atoms with E-state index in [9.17, 15) is 9.59 Å². The molecule has 1 atom stereocenters. The number of nitrogens with zero attached hydrogens (tertiary/aromatic N) is 2. The van der Waals surface area contributed by atoms with Gasteiger partial charge in [0.2, 0.25) is 5.79 Å². The smallest absolute Gasteiger partial charge is 0.344 e. The highest BCUT2D eigenvalue weighted by molar-refractivity contribution is 6.00. The van der Waals surface area contributed by atoms with Crippen molar-refractivity contribution >= 4 is 16.7 Å². The second-order valence-electron chi connectivity index (χ2n) is 9.51. The standard InChI is InChI=1S/C28H28N2O4/c1-16-9-10-19(14-17(16)2)23-20-12-11-18(22-8-7-13-29(22)5)15-21(20)26(31)30(6)24(23)25-27(32)34-28(3,4)33-25/h7-15,25H,1-6H3. The predicted molar refractivity (Wildman–Crippen MR) is 133 cm³/mol. The van der Waals surface area contributed by atoms with E-state index >= 15 is 0 Å². The number of carbonyl (C=O) groups is 1. The molecule has 4 aromatic rings. The maximum absolute atomic E-state index is 13.6. The molecule has 174 valence electrons. The molecule has 0 radical (unpaired) electrons. The van der Waals surface area contributed by atoms with Crippen molar-refractivity contribution in [2.75, 3.05) is 0 Å². The van der Waals surface area contributed by atoms with E-state index in [2.05, 4.69) is 26.0 Å². The van der Waals surface area contributed by atoms with Crippen molar-refractivity contribution in [2.24, 2.45) is 14.1 Å². The van der Waals surface area contributed by atoms with E-state index in [0.29, 0.717) is 11.1 Å². The fourth-order valence-corrected chi connectivity index (χ4v) is 4.78. The Balaban J connectivity index is 1.86. The van der Waals surface area contributed by atoms with Gasteiger partial charge in [-0.25, -0.2) is 4.79 Å². The van der Waals surface area contributed by atoms with Gasteiger partial charge in [-0.2, -0.15) is 0 Å². The molecule has 0 amide bonds. The minimum absolute atomic E-state index is 0.185. The second kappa shape index (κ2) is 7.71. The zero-order chi connectivity index (χ0) is 24.4. The Morgan fingerprint density at radius 1 is 0.882 bits per heavy atom. The molecule has 0 bridgehead atoms. The summed E-state index contributed by atoms with van der Waals surface area (Å²) < 4.78 is 15.0. The van der Waals surface area contributed by atoms with Crippen LogP contribution in [0.15, 0.2) is 59.5 Å². The van der Waals surface area contributed by atoms with Crippen LogP contribution in [0.4, 0.5) is 0 Å². The number of rotatable bonds is 3. The van der Waals surface area contributed by atoms with E-state index < -0.39 is 17.9 Å². The lowest BCUT2D eigenvalue weighted by Gasteiger charge is -2.22. The highest BCUT2D eigenvalue weighted by Crippen LogP contribution is 2.41. The van der Waals surface area contributed by atoms with E-state index in [-0.39, 0.29) is 5.56 Å². The SMILES string of the molecule is Cc1ccc(-c2c(C3OC(C)(C)OC3=O)n(C)c(=O)c3cc(-c4cccn4C)ccc23)cc1C. The van der Waals surface area contributed by atoms with Crippen LogP contribution in [-0.4, -0.2) is 20.9 Å². The molecule has 0 saturated carbocycles. The molecule has 1 fully saturated rings. The molecule has 1 saturated heterocycles. The van der Waals surface area contributed by atoms with Gasteiger partial charge in [-0.1, -0.05) is 30.3 Å². The third kappa shape index (κ3) is 3.46. The van der Waals surface area contributed by atoms with Gasteiger partial charge in [-0.3, -0.25) is 4.79 Å². The first-order chi connectivity index (χ1) is 16.1. The van der Waals surface area contributed by atoms with Gasteiger partial charge >= 0.3 is 5.97 Å². The Hall–Kier alpha value is -3.64. The molecule has 0 spiro atoms. The summed E-state index contributed by atoms with van der Waals surface area (Å²) in [7, 11) is 3.67. The van der Waals surface area contributed by atoms with Crippen molar-refractivity contribution in [3.8, 4) is 22.4 Å². The van der Waals surface area contributed by atoms with Crippen LogP contribution < -0.4 is 5.56 Å². The molecule has 34 heavy (non-hydrogen) atoms. The van der Waals surface area contributed by atoms with Crippen molar-refractivity contribution in [3.63, 3.8) is 0 Å². The lowest BCUT2D eigenvalue weighted by molar-refractivity contribution is -0.161. The molecule has 0 aliphatic carbocycles. The first kappa shape index (κ1) is 22.2. The van der Waals surface area contributed by atoms with Crippen molar-refractivity contribution in [3.05, 3.63) is 81.9 Å². The fraction of sp³-hybridized carbons (Fsp3) is 0.286. The Labute approximate surface area is 198 Å². The fourth-order valence-electron chi connectivity index (χ4n) is 4.78. The van der Waals surface area contributed by atoms with E-state index in [1.807, 2.05) is 54.2 Å². The van der Waals surface area contributed by atoms with Gasteiger partial charge < -0.3 is 18.6 Å². The van der Waals surface area contributed by atoms with Gasteiger partial charge in [-0.05, 0) is 59.7 Å². The van der Waals surface area contributed by atoms with Gasteiger partial charge in [-0.15, -0.1) is 0 Å². The van der Waals surface area contributed by atoms with Crippen LogP contribution >= 0.6 is 0 Å². The van der Waals surface area contributed by atoms with Crippen LogP contribution in [0.2, 0.25) is 0 Å². The minimum Gasteiger partial charge on any atom is -0.431 e. The second-order valence-corrected chi connectivity index (χ2v) is 9.51. The maximum Gasteiger partial charge on any atom is 0.344 e. The van der Waals surface area contributed by atoms with Crippen LogP contribution in [0, 0.1) is 13.8 Å². The largest absolute Gasteiger partial charge is 0.431 e. The van der Waals surface area contributed by atoms with Crippen molar-refractivity contribution in [2.45, 2.75) is 39.6 Å². The van der Waals surface area contributed by atoms with Crippen LogP contribution in [0.25, 0.3) is 33.2 Å². The van der Waals surface area contributed by atoms with Crippen LogP contribution in [-0.2, 0) is 28.4 Å². The molecular weight excluding hydrogens is 428 g/mol. The normalized spacial score (nSPS) is 17.4. The van der Waals surface area contributed by atoms with Crippen molar-refractivity contribution in [1.82, 2.24) is 9.13 Å². The Morgan fingerprint density at radius 2 is 1.62 bits per heavy atom. The Bertz CT molecular complexity index is 1520. The van der Waals surface area contributed by atoms with Gasteiger partial charge in [0.25, 0.3) is 5.56 Å². The summed E-state index contributed by atoms with van der Waals surface area (Å²) >= 11 is 0. The highest BCUT2D eigenvalue weighted by atomic mass is 16.8. The number of benzene rings is 2. The molecule has 2 aromatic carbocycles. The first-order valence-electron chi connectivity index (χ1n) is 11.3. The van der Waals surface area contributed by atoms with Gasteiger partial charge in [0.15, 0.2) is 6.10 Å². The third-order valence-electron chi connectivity index (χ3n) is 6.69. The number of cyclic esters (lactones) is 1. The number of carbonyl (C=O) groups excluding carboxylic acids is 1. The predicted octanol–water partition coefficient (Wildman–Crippen LogP) is 5.18. The summed E-state index contributed by atoms with van der Waals surface area (Å²) in [4.78, 5) is 26.5. The summed E-state index contributed by atoms with van der Waals surface area (Å²) in [6, 6.07) is 16.1. The topological polar surface area (TPSA) is 62.5 Å². The average molecular weight is 457 g/mol. The van der Waals surface area contributed by atoms with E-state index in [4.69, 9.17) is 9.47 Å². The quantitative estimate of drug-likeness (QED) is 0.399. The Kier molecular flexibility index (Phi) is 5.02. The van der Waals surface area contributed by atoms with Crippen LogP contribution in [0.5, 0.6) is 0 Å². The number of esters is 1. The number of hydrogen-bond donors (Lipinski definition) is 0. The number of hydrogen-bond acceptors (Lipinski definition) is 4. The molecule has 6 heteroatoms. The van der Waals surface area contributed by atoms with Crippen molar-refractivity contribution < 1.29 is 14.3 Å². The molecule has 6 nitrogen and oxygen atoms in total. The van der Waals surface area contributed by atoms with Gasteiger partial charge in [0.05, 0.1) is 5.69 Å². The van der Waals surface area contributed by atoms with Gasteiger partial charge in [0, 0.05) is 50.8 Å². The van der Waals surface area contributed by atoms with E-state index in [1.54, 1.807) is 20.9 Å². The zero-order valence-corrected chi connectivity index (χ0v) is 20.3. The summed E-state index contributed by atoms with van der Waals surface area (Å²) in [5, 5.41) is 1.37. The number of aromatic nitrogens is 2. The zero-order valence-electron chi connectivity index (χ0n) is 20.3. The highest BCUT2D eigenvalue weighted by Gasteiger charge is 2.44. The maximum atomic E-state index is 13.6. The molecule has 0 N–H and O–H groups in total. The molecular formula is C28H28N2O4. The van der Waals surface area contributed by atoms with Crippen LogP contribution in [0.3, 0.4) is 0 Å².